The minimum Gasteiger partial charge on any atom is -0.756 e. The lowest BCUT2D eigenvalue weighted by atomic mass is 9.44. The van der Waals surface area contributed by atoms with Crippen molar-refractivity contribution in [3.8, 4) is 0 Å². The lowest BCUT2D eigenvalue weighted by molar-refractivity contribution is -0.870. The number of likely N-dealkylation sites (N-methyl/N-ethyl adjacent to an activating group) is 1. The van der Waals surface area contributed by atoms with Crippen LogP contribution >= 0.6 is 7.82 Å². The van der Waals surface area contributed by atoms with E-state index in [-0.39, 0.29) is 48.3 Å². The SMILES string of the molecule is CCCCCCCCCCCCCCCCC(=O)OC[C@@H](COP(=O)([O-])OCC[N+](C)(C)C)OC(=O)CNC(c1ccccc1)[C@@H](O)C(=O)O[C@H]1C[C@@]2(O)[C@@H](OC(=O)c3ccccc3)C3[C@](C)(C(=O)[C@H](OC(C)=O)C(=C1C)C2(C)C)[C@@H](O)C[C@H]1OC[C@@]31OC(C)=O. The standard InChI is InChI=1S/C67H99N2O21P/c1-11-12-13-14-15-16-17-18-19-20-21-22-23-30-35-53(73)82-41-49(42-85-91(80,81)84-37-36-69(8,9)10)87-54(74)40-68-56(47-31-26-24-27-32-47)57(75)63(78)88-50-39-67(79)61(89-62(77)48-33-28-25-29-34-48)59-65(7,51(72)38-52-66(59,43-83-52)90-46(4)71)60(76)58(86-45(3)70)55(44(50)2)64(67,5)6/h24-29,31-34,49-52,56-59,61,68,72,75,79H,11-23,30,35-43H2,1-10H3/t49-,50-,51-,52+,56?,57+,58+,59?,61-,65+,66-,67+/m0/s1. The highest BCUT2D eigenvalue weighted by molar-refractivity contribution is 7.45. The van der Waals surface area contributed by atoms with Gasteiger partial charge in [0.1, 0.15) is 43.7 Å². The smallest absolute Gasteiger partial charge is 0.338 e. The number of quaternary nitrogens is 1. The van der Waals surface area contributed by atoms with Crippen molar-refractivity contribution in [2.24, 2.45) is 16.7 Å². The summed E-state index contributed by atoms with van der Waals surface area (Å²) in [5.74, 6) is -8.27. The first-order valence-corrected chi connectivity index (χ1v) is 33.7. The molecule has 3 unspecified atom stereocenters. The van der Waals surface area contributed by atoms with Gasteiger partial charge in [0.2, 0.25) is 0 Å². The number of hydrogen-bond donors (Lipinski definition) is 4. The molecule has 2 saturated carbocycles. The van der Waals surface area contributed by atoms with Crippen LogP contribution < -0.4 is 10.2 Å². The molecule has 3 fully saturated rings. The van der Waals surface area contributed by atoms with Crippen molar-refractivity contribution in [2.45, 2.75) is 218 Å². The van der Waals surface area contributed by atoms with Crippen molar-refractivity contribution in [3.05, 3.63) is 82.9 Å². The van der Waals surface area contributed by atoms with Crippen LogP contribution in [0.2, 0.25) is 0 Å². The fourth-order valence-corrected chi connectivity index (χ4v) is 14.1. The monoisotopic (exact) mass is 1300 g/mol. The summed E-state index contributed by atoms with van der Waals surface area (Å²) in [4.78, 5) is 111. The number of phosphoric ester groups is 1. The largest absolute Gasteiger partial charge is 0.756 e. The maximum Gasteiger partial charge on any atom is 0.338 e. The van der Waals surface area contributed by atoms with E-state index in [0.29, 0.717) is 17.4 Å². The summed E-state index contributed by atoms with van der Waals surface area (Å²) in [6, 6.07) is 14.2. The van der Waals surface area contributed by atoms with Crippen LogP contribution in [0, 0.1) is 16.7 Å². The van der Waals surface area contributed by atoms with Gasteiger partial charge in [-0.2, -0.15) is 0 Å². The van der Waals surface area contributed by atoms with Gasteiger partial charge in [0.25, 0.3) is 7.82 Å². The predicted octanol–water partition coefficient (Wildman–Crippen LogP) is 7.43. The first-order valence-electron chi connectivity index (χ1n) is 32.2. The average Bonchev–Trinajstić information content (AvgIpc) is 0.671. The first-order chi connectivity index (χ1) is 42.9. The number of esters is 6. The lowest BCUT2D eigenvalue weighted by Gasteiger charge is -2.67. The second-order valence-electron chi connectivity index (χ2n) is 26.6. The molecular weight excluding hydrogens is 1200 g/mol. The molecule has 2 bridgehead atoms. The molecular formula is C67H99N2O21P. The number of phosphoric acid groups is 1. The van der Waals surface area contributed by atoms with E-state index in [4.69, 9.17) is 42.2 Å². The molecule has 0 amide bonds. The van der Waals surface area contributed by atoms with Crippen LogP contribution in [0.5, 0.6) is 0 Å². The number of carbonyl (C=O) groups excluding carboxylic acids is 7. The highest BCUT2D eigenvalue weighted by Crippen LogP contribution is 2.64. The van der Waals surface area contributed by atoms with Crippen molar-refractivity contribution < 1.29 is 105 Å². The molecule has 6 rings (SSSR count). The molecule has 91 heavy (non-hydrogen) atoms. The Kier molecular flexibility index (Phi) is 27.1. The van der Waals surface area contributed by atoms with Gasteiger partial charge in [-0.1, -0.05) is 153 Å². The number of carbonyl (C=O) groups is 7. The molecule has 3 aliphatic carbocycles. The number of Topliss-reactive ketones (excluding diaryl/α,β-unsaturated/α-hetero) is 1. The van der Waals surface area contributed by atoms with Gasteiger partial charge >= 0.3 is 35.8 Å². The van der Waals surface area contributed by atoms with E-state index in [1.54, 1.807) is 48.5 Å². The Hall–Kier alpha value is -5.46. The number of hydrogen-bond acceptors (Lipinski definition) is 22. The third kappa shape index (κ3) is 19.1. The highest BCUT2D eigenvalue weighted by atomic mass is 31.2. The minimum absolute atomic E-state index is 0.0237. The molecule has 4 aliphatic rings. The quantitative estimate of drug-likeness (QED) is 0.0129. The number of fused-ring (bicyclic) bond motifs is 5. The Balaban J connectivity index is 1.22. The van der Waals surface area contributed by atoms with E-state index in [1.165, 1.54) is 97.6 Å². The molecule has 0 aromatic heterocycles. The number of aliphatic hydroxyl groups is 3. The van der Waals surface area contributed by atoms with E-state index < -0.39 is 152 Å². The summed E-state index contributed by atoms with van der Waals surface area (Å²) in [6.45, 7) is 7.91. The van der Waals surface area contributed by atoms with Crippen LogP contribution in [0.15, 0.2) is 71.8 Å². The summed E-state index contributed by atoms with van der Waals surface area (Å²) < 4.78 is 65.2. The zero-order valence-corrected chi connectivity index (χ0v) is 55.7. The third-order valence-electron chi connectivity index (χ3n) is 18.5. The second-order valence-corrected chi connectivity index (χ2v) is 28.0. The van der Waals surface area contributed by atoms with Gasteiger partial charge in [0.05, 0.1) is 69.9 Å². The molecule has 0 spiro atoms. The highest BCUT2D eigenvalue weighted by Gasteiger charge is 2.78. The molecule has 2 aromatic rings. The molecule has 23 nitrogen and oxygen atoms in total. The van der Waals surface area contributed by atoms with Crippen LogP contribution in [-0.2, 0) is 75.5 Å². The van der Waals surface area contributed by atoms with Gasteiger partial charge in [-0.25, -0.2) is 9.59 Å². The van der Waals surface area contributed by atoms with Gasteiger partial charge in [-0.05, 0) is 49.1 Å². The van der Waals surface area contributed by atoms with Gasteiger partial charge in [-0.3, -0.25) is 33.9 Å². The Bertz CT molecular complexity index is 2860. The van der Waals surface area contributed by atoms with Gasteiger partial charge in [-0.15, -0.1) is 0 Å². The van der Waals surface area contributed by atoms with E-state index >= 15 is 4.79 Å². The summed E-state index contributed by atoms with van der Waals surface area (Å²) in [6.07, 6.45) is 3.24. The topological polar surface area (TPSA) is 315 Å². The zero-order valence-electron chi connectivity index (χ0n) is 54.8. The van der Waals surface area contributed by atoms with Gasteiger partial charge in [0.15, 0.2) is 29.7 Å². The molecule has 0 radical (unpaired) electrons. The summed E-state index contributed by atoms with van der Waals surface area (Å²) in [5, 5.41) is 41.1. The fraction of sp³-hybridized carbons (Fsp3) is 0.687. The Morgan fingerprint density at radius 1 is 0.791 bits per heavy atom. The van der Waals surface area contributed by atoms with Gasteiger partial charge in [0, 0.05) is 38.5 Å². The first kappa shape index (κ1) is 74.6. The maximum atomic E-state index is 15.7. The number of aliphatic hydroxyl groups excluding tert-OH is 2. The normalized spacial score (nSPS) is 26.8. The van der Waals surface area contributed by atoms with Crippen LogP contribution in [0.4, 0.5) is 0 Å². The van der Waals surface area contributed by atoms with E-state index in [0.717, 1.165) is 39.5 Å². The second kappa shape index (κ2) is 33.1. The average molecular weight is 1300 g/mol. The molecule has 13 atom stereocenters. The molecule has 2 aromatic carbocycles. The van der Waals surface area contributed by atoms with E-state index in [2.05, 4.69) is 12.2 Å². The Morgan fingerprint density at radius 3 is 1.92 bits per heavy atom. The maximum absolute atomic E-state index is 15.7. The minimum atomic E-state index is -4.97. The third-order valence-corrected chi connectivity index (χ3v) is 19.5. The number of rotatable bonds is 36. The number of ether oxygens (including phenoxy) is 7. The van der Waals surface area contributed by atoms with Crippen molar-refractivity contribution in [1.29, 1.82) is 0 Å². The molecule has 508 valence electrons. The van der Waals surface area contributed by atoms with Crippen LogP contribution in [0.1, 0.15) is 180 Å². The van der Waals surface area contributed by atoms with Crippen LogP contribution in [0.25, 0.3) is 0 Å². The molecule has 24 heteroatoms. The van der Waals surface area contributed by atoms with Crippen molar-refractivity contribution in [2.75, 3.05) is 60.7 Å². The number of benzene rings is 2. The summed E-state index contributed by atoms with van der Waals surface area (Å²) in [5.41, 5.74) is -7.90. The fourth-order valence-electron chi connectivity index (χ4n) is 13.3. The molecule has 4 N–H and O–H groups in total. The van der Waals surface area contributed by atoms with Crippen molar-refractivity contribution in [3.63, 3.8) is 0 Å². The van der Waals surface area contributed by atoms with Crippen LogP contribution in [0.3, 0.4) is 0 Å². The zero-order chi connectivity index (χ0) is 67.0. The molecule has 1 saturated heterocycles. The summed E-state index contributed by atoms with van der Waals surface area (Å²) in [7, 11) is 0.551. The Morgan fingerprint density at radius 2 is 1.37 bits per heavy atom. The molecule has 1 heterocycles. The van der Waals surface area contributed by atoms with Crippen molar-refractivity contribution >= 4 is 49.4 Å². The van der Waals surface area contributed by atoms with Crippen molar-refractivity contribution in [1.82, 2.24) is 5.32 Å². The number of nitrogens with zero attached hydrogens (tertiary/aromatic N) is 1. The summed E-state index contributed by atoms with van der Waals surface area (Å²) >= 11 is 0. The van der Waals surface area contributed by atoms with Crippen LogP contribution in [-0.4, -0.2) is 176 Å². The van der Waals surface area contributed by atoms with Gasteiger partial charge < -0.3 is 66.9 Å². The lowest BCUT2D eigenvalue weighted by Crippen LogP contribution is -2.82. The van der Waals surface area contributed by atoms with E-state index in [1.807, 2.05) is 21.1 Å². The predicted molar refractivity (Wildman–Crippen MR) is 330 cm³/mol. The number of nitrogens with one attached hydrogen (secondary N) is 1. The Labute approximate surface area is 535 Å². The van der Waals surface area contributed by atoms with E-state index in [9.17, 15) is 53.5 Å². The molecule has 1 aliphatic heterocycles. The number of ketones is 1. The number of unbranched alkanes of at least 4 members (excludes halogenated alkanes) is 13.